The fourth-order valence-corrected chi connectivity index (χ4v) is 0.615. The zero-order chi connectivity index (χ0) is 7.49. The third kappa shape index (κ3) is 3.43. The second kappa shape index (κ2) is 3.13. The van der Waals surface area contributed by atoms with Gasteiger partial charge >= 0.3 is 7.60 Å². The van der Waals surface area contributed by atoms with Crippen LogP contribution in [0.25, 0.3) is 0 Å². The molecular weight excluding hydrogens is 143 g/mol. The molecule has 0 rings (SSSR count). The van der Waals surface area contributed by atoms with E-state index in [1.165, 1.54) is 6.08 Å². The third-order valence-corrected chi connectivity index (χ3v) is 1.52. The molecule has 0 saturated carbocycles. The molecule has 5 heteroatoms. The van der Waals surface area contributed by atoms with Crippen molar-refractivity contribution in [2.24, 2.45) is 0 Å². The first-order valence-corrected chi connectivity index (χ1v) is 3.81. The van der Waals surface area contributed by atoms with Crippen LogP contribution in [0, 0.1) is 5.85 Å². The molecule has 0 aromatic carbocycles. The molecule has 0 fully saturated rings. The molecule has 0 amide bonds. The van der Waals surface area contributed by atoms with Crippen LogP contribution in [-0.4, -0.2) is 14.9 Å². The first kappa shape index (κ1) is 8.85. The molecule has 0 aliphatic rings. The van der Waals surface area contributed by atoms with Crippen molar-refractivity contribution in [2.75, 3.05) is 0 Å². The Morgan fingerprint density at radius 1 is 1.67 bits per heavy atom. The maximum absolute atomic E-state index is 10.1. The van der Waals surface area contributed by atoms with Gasteiger partial charge in [0, 0.05) is 6.42 Å². The van der Waals surface area contributed by atoms with E-state index < -0.39 is 13.4 Å². The summed E-state index contributed by atoms with van der Waals surface area (Å²) in [4.78, 5) is 16.4. The first-order chi connectivity index (χ1) is 3.98. The van der Waals surface area contributed by atoms with Gasteiger partial charge in [-0.2, -0.15) is 0 Å². The lowest BCUT2D eigenvalue weighted by Gasteiger charge is -2.06. The van der Waals surface area contributed by atoms with Gasteiger partial charge in [-0.15, -0.1) is 6.58 Å². The van der Waals surface area contributed by atoms with Crippen LogP contribution in [0.3, 0.4) is 0 Å². The van der Waals surface area contributed by atoms with E-state index in [9.17, 15) is 4.57 Å². The predicted molar refractivity (Wildman–Crippen MR) is 32.0 cm³/mol. The van der Waals surface area contributed by atoms with Crippen LogP contribution in [0.5, 0.6) is 0 Å². The molecule has 0 aromatic rings. The van der Waals surface area contributed by atoms with E-state index >= 15 is 0 Å². The van der Waals surface area contributed by atoms with Gasteiger partial charge < -0.3 is 14.9 Å². The van der Waals surface area contributed by atoms with E-state index in [2.05, 4.69) is 6.58 Å². The molecule has 0 aliphatic carbocycles. The second-order valence-corrected chi connectivity index (χ2v) is 3.06. The average Bonchev–Trinajstić information content (AvgIpc) is 1.64. The van der Waals surface area contributed by atoms with E-state index in [4.69, 9.17) is 14.9 Å². The van der Waals surface area contributed by atoms with Gasteiger partial charge in [-0.25, -0.2) is 0 Å². The number of aliphatic hydroxyl groups excluding tert-OH is 1. The van der Waals surface area contributed by atoms with Crippen molar-refractivity contribution < 1.29 is 19.5 Å². The summed E-state index contributed by atoms with van der Waals surface area (Å²) in [6.45, 7) is 3.19. The molecule has 0 atom stereocenters. The van der Waals surface area contributed by atoms with E-state index in [-0.39, 0.29) is 6.42 Å². The highest BCUT2D eigenvalue weighted by Gasteiger charge is 2.25. The monoisotopic (exact) mass is 151 g/mol. The summed E-state index contributed by atoms with van der Waals surface area (Å²) >= 11 is 0. The highest BCUT2D eigenvalue weighted by molar-refractivity contribution is 7.54. The zero-order valence-corrected chi connectivity index (χ0v) is 5.58. The van der Waals surface area contributed by atoms with Crippen LogP contribution >= 0.6 is 7.60 Å². The summed E-state index contributed by atoms with van der Waals surface area (Å²) in [7, 11) is -4.37. The maximum Gasteiger partial charge on any atom is 0.360 e. The number of rotatable bonds is 3. The molecule has 1 radical (unpaired) electrons. The van der Waals surface area contributed by atoms with Crippen molar-refractivity contribution in [3.8, 4) is 0 Å². The lowest BCUT2D eigenvalue weighted by molar-refractivity contribution is 0.283. The third-order valence-electron chi connectivity index (χ3n) is 0.663. The normalized spacial score (nSPS) is 12.0. The Bertz CT molecular complexity index is 138. The van der Waals surface area contributed by atoms with Gasteiger partial charge in [0.25, 0.3) is 0 Å². The van der Waals surface area contributed by atoms with Crippen LogP contribution in [-0.2, 0) is 4.57 Å². The minimum absolute atomic E-state index is 0.162. The number of aliphatic hydroxyl groups is 1. The Labute approximate surface area is 53.0 Å². The maximum atomic E-state index is 10.1. The predicted octanol–water partition coefficient (Wildman–Crippen LogP) is 0.602. The molecule has 0 spiro atoms. The Balaban J connectivity index is 3.88. The van der Waals surface area contributed by atoms with E-state index in [1.807, 2.05) is 0 Å². The Kier molecular flexibility index (Phi) is 3.08. The Morgan fingerprint density at radius 2 is 2.11 bits per heavy atom. The SMILES string of the molecule is C=CC[C](O)P(=O)(O)O. The van der Waals surface area contributed by atoms with Crippen LogP contribution < -0.4 is 0 Å². The summed E-state index contributed by atoms with van der Waals surface area (Å²) in [5.74, 6) is -0.836. The standard InChI is InChI=1S/C4H8O4P/c1-2-3-4(5)9(6,7)8/h2,5H,1,3H2,(H2,6,7,8). The summed E-state index contributed by atoms with van der Waals surface area (Å²) in [5, 5.41) is 8.47. The second-order valence-electron chi connectivity index (χ2n) is 1.45. The van der Waals surface area contributed by atoms with Crippen molar-refractivity contribution in [1.82, 2.24) is 0 Å². The molecule has 0 heterocycles. The van der Waals surface area contributed by atoms with Gasteiger partial charge in [-0.05, 0) is 0 Å². The fourth-order valence-electron chi connectivity index (χ4n) is 0.248. The van der Waals surface area contributed by atoms with Gasteiger partial charge in [0.1, 0.15) is 0 Å². The first-order valence-electron chi connectivity index (χ1n) is 2.20. The molecule has 0 saturated heterocycles. The van der Waals surface area contributed by atoms with Gasteiger partial charge in [0.15, 0.2) is 0 Å². The minimum Gasteiger partial charge on any atom is -0.374 e. The highest BCUT2D eigenvalue weighted by Crippen LogP contribution is 2.46. The largest absolute Gasteiger partial charge is 0.374 e. The zero-order valence-electron chi connectivity index (χ0n) is 4.69. The average molecular weight is 151 g/mol. The van der Waals surface area contributed by atoms with Gasteiger partial charge in [0.2, 0.25) is 5.85 Å². The molecule has 9 heavy (non-hydrogen) atoms. The van der Waals surface area contributed by atoms with Crippen molar-refractivity contribution in [3.63, 3.8) is 0 Å². The summed E-state index contributed by atoms with van der Waals surface area (Å²) < 4.78 is 10.1. The summed E-state index contributed by atoms with van der Waals surface area (Å²) in [5.41, 5.74) is 0. The van der Waals surface area contributed by atoms with E-state index in [1.54, 1.807) is 0 Å². The van der Waals surface area contributed by atoms with Crippen molar-refractivity contribution >= 4 is 7.60 Å². The lowest BCUT2D eigenvalue weighted by atomic mass is 10.5. The Morgan fingerprint density at radius 3 is 2.22 bits per heavy atom. The Hall–Kier alpha value is -0.150. The molecule has 0 aromatic heterocycles. The number of hydrogen-bond donors (Lipinski definition) is 3. The molecule has 0 bridgehead atoms. The lowest BCUT2D eigenvalue weighted by Crippen LogP contribution is -1.94. The number of hydrogen-bond acceptors (Lipinski definition) is 2. The fraction of sp³-hybridized carbons (Fsp3) is 0.250. The molecule has 4 nitrogen and oxygen atoms in total. The van der Waals surface area contributed by atoms with Crippen LogP contribution in [0.15, 0.2) is 12.7 Å². The highest BCUT2D eigenvalue weighted by atomic mass is 31.2. The van der Waals surface area contributed by atoms with Crippen LogP contribution in [0.2, 0.25) is 0 Å². The molecule has 0 aliphatic heterocycles. The van der Waals surface area contributed by atoms with Gasteiger partial charge in [-0.3, -0.25) is 4.57 Å². The van der Waals surface area contributed by atoms with Crippen LogP contribution in [0.1, 0.15) is 6.42 Å². The van der Waals surface area contributed by atoms with Crippen molar-refractivity contribution in [1.29, 1.82) is 0 Å². The molecular formula is C4H8O4P. The van der Waals surface area contributed by atoms with Gasteiger partial charge in [0.05, 0.1) is 0 Å². The summed E-state index contributed by atoms with van der Waals surface area (Å²) in [6, 6.07) is 0. The topological polar surface area (TPSA) is 77.8 Å². The summed E-state index contributed by atoms with van der Waals surface area (Å²) in [6.07, 6.45) is 1.05. The van der Waals surface area contributed by atoms with Crippen molar-refractivity contribution in [3.05, 3.63) is 18.5 Å². The van der Waals surface area contributed by atoms with E-state index in [0.717, 1.165) is 0 Å². The van der Waals surface area contributed by atoms with Crippen molar-refractivity contribution in [2.45, 2.75) is 6.42 Å². The molecule has 53 valence electrons. The minimum atomic E-state index is -4.37. The van der Waals surface area contributed by atoms with Gasteiger partial charge in [-0.1, -0.05) is 6.08 Å². The van der Waals surface area contributed by atoms with E-state index in [0.29, 0.717) is 0 Å². The molecule has 0 unspecified atom stereocenters. The molecule has 3 N–H and O–H groups in total. The smallest absolute Gasteiger partial charge is 0.360 e. The van der Waals surface area contributed by atoms with Crippen LogP contribution in [0.4, 0.5) is 0 Å². The quantitative estimate of drug-likeness (QED) is 0.407.